The summed E-state index contributed by atoms with van der Waals surface area (Å²) in [6.07, 6.45) is 0. The molecule has 12 heavy (non-hydrogen) atoms. The molecule has 0 aliphatic carbocycles. The van der Waals surface area contributed by atoms with E-state index in [0.29, 0.717) is 11.4 Å². The van der Waals surface area contributed by atoms with E-state index in [0.717, 1.165) is 3.57 Å². The van der Waals surface area contributed by atoms with Crippen LogP contribution >= 0.6 is 22.6 Å². The molecule has 1 aromatic carbocycles. The summed E-state index contributed by atoms with van der Waals surface area (Å²) in [5.74, 6) is 0. The topological polar surface area (TPSA) is 58.2 Å². The van der Waals surface area contributed by atoms with Crippen LogP contribution in [-0.2, 0) is 10.2 Å². The molecule has 2 N–H and O–H groups in total. The molecule has 4 nitrogen and oxygen atoms in total. The lowest BCUT2D eigenvalue weighted by molar-refractivity contribution is 0.607. The van der Waals surface area contributed by atoms with Crippen molar-refractivity contribution in [1.82, 2.24) is 0 Å². The Kier molecular flexibility index (Phi) is 1.69. The Labute approximate surface area is 83.7 Å². The molecule has 64 valence electrons. The Morgan fingerprint density at radius 1 is 1.17 bits per heavy atom. The highest BCUT2D eigenvalue weighted by Crippen LogP contribution is 2.30. The molecule has 6 heteroatoms. The van der Waals surface area contributed by atoms with Gasteiger partial charge in [-0.05, 0) is 40.8 Å². The Balaban J connectivity index is 2.56. The Morgan fingerprint density at radius 2 is 1.83 bits per heavy atom. The summed E-state index contributed by atoms with van der Waals surface area (Å²) in [4.78, 5) is 0. The van der Waals surface area contributed by atoms with Crippen molar-refractivity contribution < 1.29 is 8.42 Å². The monoisotopic (exact) mass is 296 g/mol. The van der Waals surface area contributed by atoms with E-state index >= 15 is 0 Å². The highest BCUT2D eigenvalue weighted by molar-refractivity contribution is 14.1. The third-order valence-electron chi connectivity index (χ3n) is 1.47. The van der Waals surface area contributed by atoms with Crippen molar-refractivity contribution >= 4 is 44.2 Å². The summed E-state index contributed by atoms with van der Waals surface area (Å²) in [6, 6.07) is 5.34. The molecule has 1 heterocycles. The van der Waals surface area contributed by atoms with Gasteiger partial charge in [0, 0.05) is 3.57 Å². The van der Waals surface area contributed by atoms with E-state index in [2.05, 4.69) is 32.0 Å². The molecule has 0 unspecified atom stereocenters. The van der Waals surface area contributed by atoms with Gasteiger partial charge >= 0.3 is 10.2 Å². The van der Waals surface area contributed by atoms with Gasteiger partial charge in [-0.2, -0.15) is 8.42 Å². The van der Waals surface area contributed by atoms with E-state index < -0.39 is 10.2 Å². The fraction of sp³-hybridized carbons (Fsp3) is 0. The maximum absolute atomic E-state index is 11.0. The van der Waals surface area contributed by atoms with Crippen LogP contribution in [0, 0.1) is 3.57 Å². The highest BCUT2D eigenvalue weighted by Gasteiger charge is 2.21. The fourth-order valence-electron chi connectivity index (χ4n) is 1.00. The molecule has 1 aliphatic rings. The standard InChI is InChI=1S/C6H5IN2O2S/c7-4-1-2-5-6(3-4)9-12(10,11)8-5/h1-3,8-9H. The van der Waals surface area contributed by atoms with Gasteiger partial charge in [0.2, 0.25) is 0 Å². The molecule has 0 atom stereocenters. The van der Waals surface area contributed by atoms with Gasteiger partial charge in [0.1, 0.15) is 0 Å². The van der Waals surface area contributed by atoms with Crippen molar-refractivity contribution in [3.8, 4) is 0 Å². The Hall–Kier alpha value is -0.500. The number of rotatable bonds is 0. The van der Waals surface area contributed by atoms with Crippen molar-refractivity contribution in [3.05, 3.63) is 21.8 Å². The van der Waals surface area contributed by atoms with Crippen molar-refractivity contribution in [2.45, 2.75) is 0 Å². The van der Waals surface area contributed by atoms with Gasteiger partial charge in [0.25, 0.3) is 0 Å². The van der Waals surface area contributed by atoms with Crippen molar-refractivity contribution in [2.75, 3.05) is 9.44 Å². The predicted octanol–water partition coefficient (Wildman–Crippen LogP) is 1.37. The van der Waals surface area contributed by atoms with Gasteiger partial charge in [-0.15, -0.1) is 0 Å². The van der Waals surface area contributed by atoms with E-state index in [1.807, 2.05) is 6.07 Å². The van der Waals surface area contributed by atoms with E-state index in [9.17, 15) is 8.42 Å². The van der Waals surface area contributed by atoms with Gasteiger partial charge in [-0.1, -0.05) is 0 Å². The number of fused-ring (bicyclic) bond motifs is 1. The van der Waals surface area contributed by atoms with Crippen molar-refractivity contribution in [2.24, 2.45) is 0 Å². The zero-order valence-corrected chi connectivity index (χ0v) is 8.81. The first-order valence-corrected chi connectivity index (χ1v) is 5.73. The second kappa shape index (κ2) is 2.49. The summed E-state index contributed by atoms with van der Waals surface area (Å²) in [5, 5.41) is 0. The second-order valence-corrected chi connectivity index (χ2v) is 5.06. The molecular weight excluding hydrogens is 291 g/mol. The maximum Gasteiger partial charge on any atom is 0.321 e. The van der Waals surface area contributed by atoms with Crippen molar-refractivity contribution in [1.29, 1.82) is 0 Å². The first-order chi connectivity index (χ1) is 5.57. The molecule has 0 saturated heterocycles. The van der Waals surface area contributed by atoms with Crippen LogP contribution in [0.2, 0.25) is 0 Å². The Morgan fingerprint density at radius 3 is 2.58 bits per heavy atom. The summed E-state index contributed by atoms with van der Waals surface area (Å²) >= 11 is 2.12. The number of nitrogens with one attached hydrogen (secondary N) is 2. The minimum atomic E-state index is -3.33. The number of hydrogen-bond acceptors (Lipinski definition) is 2. The third kappa shape index (κ3) is 1.36. The van der Waals surface area contributed by atoms with Crippen LogP contribution in [0.4, 0.5) is 11.4 Å². The van der Waals surface area contributed by atoms with Crippen LogP contribution < -0.4 is 9.44 Å². The minimum absolute atomic E-state index is 0.607. The summed E-state index contributed by atoms with van der Waals surface area (Å²) in [5.41, 5.74) is 1.22. The van der Waals surface area contributed by atoms with Gasteiger partial charge in [0.05, 0.1) is 11.4 Å². The summed E-state index contributed by atoms with van der Waals surface area (Å²) in [7, 11) is -3.33. The van der Waals surface area contributed by atoms with E-state index in [1.54, 1.807) is 12.1 Å². The molecular formula is C6H5IN2O2S. The number of anilines is 2. The largest absolute Gasteiger partial charge is 0.321 e. The van der Waals surface area contributed by atoms with E-state index in [4.69, 9.17) is 0 Å². The molecule has 0 amide bonds. The van der Waals surface area contributed by atoms with Gasteiger partial charge < -0.3 is 0 Å². The highest BCUT2D eigenvalue weighted by atomic mass is 127. The zero-order chi connectivity index (χ0) is 8.77. The number of benzene rings is 1. The molecule has 2 rings (SSSR count). The Bertz CT molecular complexity index is 429. The summed E-state index contributed by atoms with van der Waals surface area (Å²) in [6.45, 7) is 0. The van der Waals surface area contributed by atoms with Crippen LogP contribution in [-0.4, -0.2) is 8.42 Å². The first kappa shape index (κ1) is 8.11. The molecule has 0 spiro atoms. The number of halogens is 1. The average molecular weight is 296 g/mol. The second-order valence-electron chi connectivity index (χ2n) is 2.40. The van der Waals surface area contributed by atoms with Crippen LogP contribution in [0.15, 0.2) is 18.2 Å². The molecule has 1 aliphatic heterocycles. The van der Waals surface area contributed by atoms with Crippen LogP contribution in [0.3, 0.4) is 0 Å². The van der Waals surface area contributed by atoms with Crippen LogP contribution in [0.25, 0.3) is 0 Å². The predicted molar refractivity (Wildman–Crippen MR) is 55.3 cm³/mol. The SMILES string of the molecule is O=S1(=O)Nc2ccc(I)cc2N1. The lowest BCUT2D eigenvalue weighted by Crippen LogP contribution is -2.12. The van der Waals surface area contributed by atoms with Crippen LogP contribution in [0.5, 0.6) is 0 Å². The summed E-state index contributed by atoms with van der Waals surface area (Å²) < 4.78 is 27.7. The molecule has 0 saturated carbocycles. The van der Waals surface area contributed by atoms with Gasteiger partial charge in [-0.3, -0.25) is 9.44 Å². The molecule has 0 bridgehead atoms. The maximum atomic E-state index is 11.0. The quantitative estimate of drug-likeness (QED) is 0.711. The average Bonchev–Trinajstić information content (AvgIpc) is 2.21. The van der Waals surface area contributed by atoms with E-state index in [-0.39, 0.29) is 0 Å². The molecule has 0 aromatic heterocycles. The first-order valence-electron chi connectivity index (χ1n) is 3.17. The minimum Gasteiger partial charge on any atom is -0.265 e. The third-order valence-corrected chi connectivity index (χ3v) is 3.12. The fourth-order valence-corrected chi connectivity index (χ4v) is 2.47. The normalized spacial score (nSPS) is 17.8. The van der Waals surface area contributed by atoms with E-state index in [1.165, 1.54) is 0 Å². The lowest BCUT2D eigenvalue weighted by atomic mass is 10.3. The zero-order valence-electron chi connectivity index (χ0n) is 5.83. The number of hydrogen-bond donors (Lipinski definition) is 2. The van der Waals surface area contributed by atoms with Gasteiger partial charge in [0.15, 0.2) is 0 Å². The van der Waals surface area contributed by atoms with Gasteiger partial charge in [-0.25, -0.2) is 0 Å². The molecule has 1 aromatic rings. The molecule has 0 fully saturated rings. The smallest absolute Gasteiger partial charge is 0.265 e. The molecule has 0 radical (unpaired) electrons. The van der Waals surface area contributed by atoms with Crippen LogP contribution in [0.1, 0.15) is 0 Å². The van der Waals surface area contributed by atoms with Crippen molar-refractivity contribution in [3.63, 3.8) is 0 Å². The lowest BCUT2D eigenvalue weighted by Gasteiger charge is -1.94.